The molecule has 0 saturated carbocycles. The predicted octanol–water partition coefficient (Wildman–Crippen LogP) is 3.02. The second kappa shape index (κ2) is 5.48. The highest BCUT2D eigenvalue weighted by Crippen LogP contribution is 2.41. The summed E-state index contributed by atoms with van der Waals surface area (Å²) in [5.41, 5.74) is 2.84. The minimum Gasteiger partial charge on any atom is -0.385 e. The van der Waals surface area contributed by atoms with Crippen LogP contribution in [0.2, 0.25) is 0 Å². The molecule has 2 nitrogen and oxygen atoms in total. The summed E-state index contributed by atoms with van der Waals surface area (Å²) in [4.78, 5) is 0. The van der Waals surface area contributed by atoms with Crippen LogP contribution < -0.4 is 0 Å². The van der Waals surface area contributed by atoms with Gasteiger partial charge in [-0.05, 0) is 24.0 Å². The lowest BCUT2D eigenvalue weighted by atomic mass is 9.77. The van der Waals surface area contributed by atoms with Crippen molar-refractivity contribution in [3.8, 4) is 0 Å². The molecule has 0 heterocycles. The molecule has 0 amide bonds. The van der Waals surface area contributed by atoms with E-state index in [4.69, 9.17) is 9.47 Å². The van der Waals surface area contributed by atoms with E-state index < -0.39 is 0 Å². The summed E-state index contributed by atoms with van der Waals surface area (Å²) in [6, 6.07) is 8.60. The van der Waals surface area contributed by atoms with Crippen molar-refractivity contribution >= 4 is 6.08 Å². The number of hydrogen-bond donors (Lipinski definition) is 0. The van der Waals surface area contributed by atoms with Gasteiger partial charge < -0.3 is 9.47 Å². The molecule has 0 aliphatic heterocycles. The van der Waals surface area contributed by atoms with E-state index in [2.05, 4.69) is 36.4 Å². The van der Waals surface area contributed by atoms with Gasteiger partial charge in [-0.15, -0.1) is 0 Å². The van der Waals surface area contributed by atoms with Crippen LogP contribution in [0.3, 0.4) is 0 Å². The normalized spacial score (nSPS) is 16.1. The van der Waals surface area contributed by atoms with Crippen molar-refractivity contribution in [1.29, 1.82) is 0 Å². The quantitative estimate of drug-likeness (QED) is 0.750. The van der Waals surface area contributed by atoms with Crippen molar-refractivity contribution in [2.45, 2.75) is 18.3 Å². The van der Waals surface area contributed by atoms with Crippen molar-refractivity contribution in [3.63, 3.8) is 0 Å². The average Bonchev–Trinajstić information content (AvgIpc) is 2.74. The van der Waals surface area contributed by atoms with Gasteiger partial charge in [-0.3, -0.25) is 0 Å². The molecule has 1 aromatic rings. The molecule has 0 aromatic heterocycles. The molecule has 1 aromatic carbocycles. The Hall–Kier alpha value is -1.12. The average molecular weight is 232 g/mol. The first-order valence-corrected chi connectivity index (χ1v) is 6.09. The van der Waals surface area contributed by atoms with E-state index in [9.17, 15) is 0 Å². The van der Waals surface area contributed by atoms with Crippen molar-refractivity contribution in [2.75, 3.05) is 27.4 Å². The molecule has 0 saturated heterocycles. The van der Waals surface area contributed by atoms with Gasteiger partial charge in [-0.1, -0.05) is 36.4 Å². The third kappa shape index (κ3) is 2.43. The summed E-state index contributed by atoms with van der Waals surface area (Å²) in [6.07, 6.45) is 6.57. The van der Waals surface area contributed by atoms with Crippen molar-refractivity contribution in [2.24, 2.45) is 0 Å². The molecule has 92 valence electrons. The van der Waals surface area contributed by atoms with Gasteiger partial charge in [-0.2, -0.15) is 0 Å². The van der Waals surface area contributed by atoms with E-state index in [1.807, 2.05) is 0 Å². The number of allylic oxidation sites excluding steroid dienone is 1. The molecule has 2 heteroatoms. The Morgan fingerprint density at radius 1 is 1.00 bits per heavy atom. The second-order valence-electron chi connectivity index (χ2n) is 4.56. The summed E-state index contributed by atoms with van der Waals surface area (Å²) in [7, 11) is 3.52. The second-order valence-corrected chi connectivity index (χ2v) is 4.56. The molecular weight excluding hydrogens is 212 g/mol. The smallest absolute Gasteiger partial charge is 0.0473 e. The highest BCUT2D eigenvalue weighted by molar-refractivity contribution is 5.65. The topological polar surface area (TPSA) is 18.5 Å². The molecule has 0 bridgehead atoms. The van der Waals surface area contributed by atoms with Crippen LogP contribution in [0.25, 0.3) is 6.08 Å². The van der Waals surface area contributed by atoms with Gasteiger partial charge in [0.15, 0.2) is 0 Å². The number of fused-ring (bicyclic) bond motifs is 1. The lowest BCUT2D eigenvalue weighted by Gasteiger charge is -2.29. The number of hydrogen-bond acceptors (Lipinski definition) is 2. The number of rotatable bonds is 6. The highest BCUT2D eigenvalue weighted by atomic mass is 16.5. The van der Waals surface area contributed by atoms with Gasteiger partial charge >= 0.3 is 0 Å². The van der Waals surface area contributed by atoms with Gasteiger partial charge in [0.25, 0.3) is 0 Å². The predicted molar refractivity (Wildman–Crippen MR) is 70.1 cm³/mol. The van der Waals surface area contributed by atoms with E-state index in [-0.39, 0.29) is 5.41 Å². The molecule has 0 spiro atoms. The molecule has 17 heavy (non-hydrogen) atoms. The number of ether oxygens (including phenoxy) is 2. The van der Waals surface area contributed by atoms with Crippen molar-refractivity contribution in [1.82, 2.24) is 0 Å². The van der Waals surface area contributed by atoms with Gasteiger partial charge in [0.2, 0.25) is 0 Å². The highest BCUT2D eigenvalue weighted by Gasteiger charge is 2.33. The summed E-state index contributed by atoms with van der Waals surface area (Å²) in [5.74, 6) is 0. The first-order chi connectivity index (χ1) is 8.32. The zero-order valence-corrected chi connectivity index (χ0v) is 10.6. The fraction of sp³-hybridized carbons (Fsp3) is 0.467. The van der Waals surface area contributed by atoms with Gasteiger partial charge in [-0.25, -0.2) is 0 Å². The Balaban J connectivity index is 2.26. The van der Waals surface area contributed by atoms with Crippen LogP contribution in [0, 0.1) is 0 Å². The first-order valence-electron chi connectivity index (χ1n) is 6.09. The van der Waals surface area contributed by atoms with E-state index >= 15 is 0 Å². The maximum atomic E-state index is 5.25. The molecular formula is C15H20O2. The van der Waals surface area contributed by atoms with Crippen molar-refractivity contribution in [3.05, 3.63) is 41.5 Å². The Labute approximate surface area is 103 Å². The van der Waals surface area contributed by atoms with Gasteiger partial charge in [0.1, 0.15) is 0 Å². The number of methoxy groups -OCH3 is 2. The third-order valence-corrected chi connectivity index (χ3v) is 3.58. The first kappa shape index (κ1) is 12.3. The van der Waals surface area contributed by atoms with Crippen LogP contribution in [0.4, 0.5) is 0 Å². The number of benzene rings is 1. The van der Waals surface area contributed by atoms with E-state index in [1.165, 1.54) is 11.1 Å². The molecule has 2 rings (SSSR count). The minimum atomic E-state index is 0.0998. The maximum absolute atomic E-state index is 5.25. The fourth-order valence-electron chi connectivity index (χ4n) is 2.56. The summed E-state index contributed by atoms with van der Waals surface area (Å²) in [6.45, 7) is 1.56. The lowest BCUT2D eigenvalue weighted by Crippen LogP contribution is -2.25. The largest absolute Gasteiger partial charge is 0.385 e. The molecule has 1 aliphatic rings. The van der Waals surface area contributed by atoms with Crippen LogP contribution in [0.5, 0.6) is 0 Å². The Morgan fingerprint density at radius 2 is 1.65 bits per heavy atom. The lowest BCUT2D eigenvalue weighted by molar-refractivity contribution is 0.147. The van der Waals surface area contributed by atoms with Crippen LogP contribution in [0.15, 0.2) is 30.3 Å². The van der Waals surface area contributed by atoms with Gasteiger partial charge in [0, 0.05) is 32.8 Å². The SMILES string of the molecule is COCCC1(CCOC)C=Cc2ccccc21. The van der Waals surface area contributed by atoms with Crippen LogP contribution in [0.1, 0.15) is 24.0 Å². The van der Waals surface area contributed by atoms with Crippen LogP contribution in [-0.4, -0.2) is 27.4 Å². The molecule has 0 N–H and O–H groups in total. The third-order valence-electron chi connectivity index (χ3n) is 3.58. The molecule has 0 atom stereocenters. The molecule has 0 radical (unpaired) electrons. The van der Waals surface area contributed by atoms with E-state index in [1.54, 1.807) is 14.2 Å². The summed E-state index contributed by atoms with van der Waals surface area (Å²) < 4.78 is 10.5. The Kier molecular flexibility index (Phi) is 3.97. The monoisotopic (exact) mass is 232 g/mol. The zero-order valence-electron chi connectivity index (χ0n) is 10.6. The zero-order chi connectivity index (χ0) is 12.1. The molecule has 1 aliphatic carbocycles. The summed E-state index contributed by atoms with van der Waals surface area (Å²) >= 11 is 0. The minimum absolute atomic E-state index is 0.0998. The van der Waals surface area contributed by atoms with Crippen molar-refractivity contribution < 1.29 is 9.47 Å². The summed E-state index contributed by atoms with van der Waals surface area (Å²) in [5, 5.41) is 0. The van der Waals surface area contributed by atoms with Gasteiger partial charge in [0.05, 0.1) is 0 Å². The van der Waals surface area contributed by atoms with E-state index in [0.29, 0.717) is 0 Å². The van der Waals surface area contributed by atoms with Crippen LogP contribution >= 0.6 is 0 Å². The Morgan fingerprint density at radius 3 is 2.29 bits per heavy atom. The standard InChI is InChI=1S/C15H20O2/c1-16-11-9-15(10-12-17-2)8-7-13-5-3-4-6-14(13)15/h3-8H,9-12H2,1-2H3. The maximum Gasteiger partial charge on any atom is 0.0473 e. The molecule has 0 unspecified atom stereocenters. The molecule has 0 fully saturated rings. The van der Waals surface area contributed by atoms with E-state index in [0.717, 1.165) is 26.1 Å². The Bertz CT molecular complexity index is 388. The fourth-order valence-corrected chi connectivity index (χ4v) is 2.56. The van der Waals surface area contributed by atoms with Crippen LogP contribution in [-0.2, 0) is 14.9 Å².